The molecular weight excluding hydrogens is 224 g/mol. The minimum atomic E-state index is -0.292. The molecule has 0 aromatic heterocycles. The van der Waals surface area contributed by atoms with Crippen LogP contribution >= 0.6 is 0 Å². The van der Waals surface area contributed by atoms with E-state index < -0.39 is 0 Å². The van der Waals surface area contributed by atoms with Gasteiger partial charge in [0.05, 0.1) is 18.0 Å². The summed E-state index contributed by atoms with van der Waals surface area (Å²) in [6.07, 6.45) is 2.24. The minimum Gasteiger partial charge on any atom is -0.292 e. The van der Waals surface area contributed by atoms with Gasteiger partial charge in [-0.05, 0) is 32.9 Å². The Morgan fingerprint density at radius 3 is 2.44 bits per heavy atom. The smallest absolute Gasteiger partial charge is 0.181 e. The highest BCUT2D eigenvalue weighted by Gasteiger charge is 2.33. The monoisotopic (exact) mass is 242 g/mol. The van der Waals surface area contributed by atoms with Crippen molar-refractivity contribution < 1.29 is 4.79 Å². The number of rotatable bonds is 4. The highest BCUT2D eigenvalue weighted by atomic mass is 16.1. The number of hydrogen-bond acceptors (Lipinski definition) is 3. The first-order chi connectivity index (χ1) is 8.74. The Morgan fingerprint density at radius 1 is 1.28 bits per heavy atom. The second kappa shape index (κ2) is 5.79. The molecule has 0 saturated carbocycles. The zero-order valence-electron chi connectivity index (χ0n) is 10.7. The second-order valence-corrected chi connectivity index (χ2v) is 4.84. The summed E-state index contributed by atoms with van der Waals surface area (Å²) in [7, 11) is 0. The topological polar surface area (TPSA) is 44.1 Å². The number of nitriles is 1. The van der Waals surface area contributed by atoms with Crippen LogP contribution in [0.15, 0.2) is 30.3 Å². The van der Waals surface area contributed by atoms with E-state index >= 15 is 0 Å². The third kappa shape index (κ3) is 2.60. The van der Waals surface area contributed by atoms with E-state index in [1.54, 1.807) is 0 Å². The molecule has 0 radical (unpaired) electrons. The molecule has 1 aromatic carbocycles. The van der Waals surface area contributed by atoms with E-state index in [0.29, 0.717) is 5.56 Å². The lowest BCUT2D eigenvalue weighted by atomic mass is 9.93. The predicted molar refractivity (Wildman–Crippen MR) is 70.1 cm³/mol. The summed E-state index contributed by atoms with van der Waals surface area (Å²) >= 11 is 0. The number of carbonyl (C=O) groups is 1. The Balaban J connectivity index is 2.24. The van der Waals surface area contributed by atoms with Gasteiger partial charge in [0.15, 0.2) is 5.78 Å². The first-order valence-electron chi connectivity index (χ1n) is 6.47. The van der Waals surface area contributed by atoms with E-state index in [4.69, 9.17) is 5.26 Å². The Hall–Kier alpha value is -1.66. The molecule has 0 spiro atoms. The van der Waals surface area contributed by atoms with Gasteiger partial charge >= 0.3 is 0 Å². The molecule has 1 aromatic rings. The summed E-state index contributed by atoms with van der Waals surface area (Å²) in [4.78, 5) is 14.7. The summed E-state index contributed by atoms with van der Waals surface area (Å²) in [5.74, 6) is -0.192. The molecule has 0 bridgehead atoms. The maximum atomic E-state index is 12.5. The summed E-state index contributed by atoms with van der Waals surface area (Å²) in [5, 5.41) is 9.13. The van der Waals surface area contributed by atoms with Gasteiger partial charge in [0.1, 0.15) is 0 Å². The van der Waals surface area contributed by atoms with Gasteiger partial charge < -0.3 is 0 Å². The standard InChI is InChI=1S/C15H18N2O/c1-12(11-16)14(17-9-5-6-10-17)15(18)13-7-3-2-4-8-13/h2-4,7-8,12,14H,5-6,9-10H2,1H3. The normalized spacial score (nSPS) is 19.1. The van der Waals surface area contributed by atoms with Crippen molar-refractivity contribution in [2.24, 2.45) is 5.92 Å². The van der Waals surface area contributed by atoms with Gasteiger partial charge in [0, 0.05) is 5.56 Å². The molecule has 1 fully saturated rings. The molecule has 94 valence electrons. The van der Waals surface area contributed by atoms with Gasteiger partial charge in [-0.15, -0.1) is 0 Å². The molecule has 3 heteroatoms. The van der Waals surface area contributed by atoms with E-state index in [1.807, 2.05) is 37.3 Å². The molecule has 1 heterocycles. The molecule has 2 rings (SSSR count). The van der Waals surface area contributed by atoms with Gasteiger partial charge in [0.2, 0.25) is 0 Å². The van der Waals surface area contributed by atoms with Gasteiger partial charge in [0.25, 0.3) is 0 Å². The third-order valence-corrected chi connectivity index (χ3v) is 3.54. The molecule has 2 unspecified atom stereocenters. The Kier molecular flexibility index (Phi) is 4.11. The quantitative estimate of drug-likeness (QED) is 0.762. The zero-order chi connectivity index (χ0) is 13.0. The summed E-state index contributed by atoms with van der Waals surface area (Å²) in [6, 6.07) is 11.2. The van der Waals surface area contributed by atoms with Crippen LogP contribution < -0.4 is 0 Å². The molecule has 0 amide bonds. The van der Waals surface area contributed by atoms with Crippen molar-refractivity contribution in [3.8, 4) is 6.07 Å². The molecule has 18 heavy (non-hydrogen) atoms. The van der Waals surface area contributed by atoms with Crippen LogP contribution in [0.3, 0.4) is 0 Å². The molecule has 1 saturated heterocycles. The average Bonchev–Trinajstić information content (AvgIpc) is 2.93. The largest absolute Gasteiger partial charge is 0.292 e. The lowest BCUT2D eigenvalue weighted by Gasteiger charge is -2.28. The predicted octanol–water partition coefficient (Wildman–Crippen LogP) is 2.49. The first-order valence-corrected chi connectivity index (χ1v) is 6.47. The molecular formula is C15H18N2O. The molecule has 3 nitrogen and oxygen atoms in total. The second-order valence-electron chi connectivity index (χ2n) is 4.84. The number of carbonyl (C=O) groups excluding carboxylic acids is 1. The van der Waals surface area contributed by atoms with Crippen LogP contribution in [0.1, 0.15) is 30.1 Å². The van der Waals surface area contributed by atoms with Crippen LogP contribution in [0.25, 0.3) is 0 Å². The number of hydrogen-bond donors (Lipinski definition) is 0. The van der Waals surface area contributed by atoms with E-state index in [2.05, 4.69) is 11.0 Å². The molecule has 2 atom stereocenters. The maximum absolute atomic E-state index is 12.5. The van der Waals surface area contributed by atoms with Crippen LogP contribution in [0.4, 0.5) is 0 Å². The van der Waals surface area contributed by atoms with Crippen molar-refractivity contribution in [2.75, 3.05) is 13.1 Å². The number of nitrogens with zero attached hydrogens (tertiary/aromatic N) is 2. The first kappa shape index (κ1) is 12.8. The summed E-state index contributed by atoms with van der Waals surface area (Å²) in [5.41, 5.74) is 0.705. The van der Waals surface area contributed by atoms with Crippen LogP contribution in [0, 0.1) is 17.2 Å². The fourth-order valence-electron chi connectivity index (χ4n) is 2.57. The Labute approximate surface area is 108 Å². The fraction of sp³-hybridized carbons (Fsp3) is 0.467. The van der Waals surface area contributed by atoms with Crippen LogP contribution in [0.2, 0.25) is 0 Å². The summed E-state index contributed by atoms with van der Waals surface area (Å²) in [6.45, 7) is 3.69. The van der Waals surface area contributed by atoms with Gasteiger partial charge in [-0.3, -0.25) is 9.69 Å². The van der Waals surface area contributed by atoms with Crippen LogP contribution in [0.5, 0.6) is 0 Å². The van der Waals surface area contributed by atoms with Gasteiger partial charge in [-0.2, -0.15) is 5.26 Å². The summed E-state index contributed by atoms with van der Waals surface area (Å²) < 4.78 is 0. The highest BCUT2D eigenvalue weighted by molar-refractivity contribution is 6.00. The minimum absolute atomic E-state index is 0.0755. The van der Waals surface area contributed by atoms with E-state index in [1.165, 1.54) is 0 Å². The Morgan fingerprint density at radius 2 is 1.89 bits per heavy atom. The highest BCUT2D eigenvalue weighted by Crippen LogP contribution is 2.21. The van der Waals surface area contributed by atoms with E-state index in [-0.39, 0.29) is 17.7 Å². The maximum Gasteiger partial charge on any atom is 0.181 e. The number of benzene rings is 1. The lowest BCUT2D eigenvalue weighted by Crippen LogP contribution is -2.43. The van der Waals surface area contributed by atoms with E-state index in [0.717, 1.165) is 25.9 Å². The molecule has 0 aliphatic carbocycles. The van der Waals surface area contributed by atoms with E-state index in [9.17, 15) is 4.79 Å². The number of ketones is 1. The number of likely N-dealkylation sites (tertiary alicyclic amines) is 1. The van der Waals surface area contributed by atoms with Crippen LogP contribution in [-0.4, -0.2) is 29.8 Å². The average molecular weight is 242 g/mol. The fourth-order valence-corrected chi connectivity index (χ4v) is 2.57. The molecule has 1 aliphatic heterocycles. The third-order valence-electron chi connectivity index (χ3n) is 3.54. The van der Waals surface area contributed by atoms with Crippen molar-refractivity contribution in [1.29, 1.82) is 5.26 Å². The van der Waals surface area contributed by atoms with Crippen molar-refractivity contribution in [3.63, 3.8) is 0 Å². The van der Waals surface area contributed by atoms with Crippen molar-refractivity contribution >= 4 is 5.78 Å². The molecule has 0 N–H and O–H groups in total. The van der Waals surface area contributed by atoms with Crippen molar-refractivity contribution in [2.45, 2.75) is 25.8 Å². The Bertz CT molecular complexity index is 443. The SMILES string of the molecule is CC(C#N)C(C(=O)c1ccccc1)N1CCCC1. The molecule has 1 aliphatic rings. The van der Waals surface area contributed by atoms with Crippen molar-refractivity contribution in [1.82, 2.24) is 4.90 Å². The lowest BCUT2D eigenvalue weighted by molar-refractivity contribution is 0.0810. The van der Waals surface area contributed by atoms with Gasteiger partial charge in [-0.1, -0.05) is 30.3 Å². The van der Waals surface area contributed by atoms with Crippen molar-refractivity contribution in [3.05, 3.63) is 35.9 Å². The van der Waals surface area contributed by atoms with Crippen LogP contribution in [-0.2, 0) is 0 Å². The van der Waals surface area contributed by atoms with Gasteiger partial charge in [-0.25, -0.2) is 0 Å². The number of Topliss-reactive ketones (excluding diaryl/α,β-unsaturated/α-hetero) is 1. The zero-order valence-corrected chi connectivity index (χ0v) is 10.7.